The van der Waals surface area contributed by atoms with Crippen LogP contribution in [0.1, 0.15) is 57.7 Å². The molecule has 2 nitrogen and oxygen atoms in total. The lowest BCUT2D eigenvalue weighted by molar-refractivity contribution is -0.135. The van der Waals surface area contributed by atoms with Crippen molar-refractivity contribution in [2.24, 2.45) is 5.92 Å². The third-order valence-corrected chi connectivity index (χ3v) is 4.40. The molecule has 0 aliphatic heterocycles. The standard InChI is InChI=1S/C17H25NO/c1-12(2)16(19)18(5)15-10-11-17(3,4)14-9-7-6-8-13(14)15/h6-9,12,15H,10-11H2,1-5H3/t15-/m0/s1. The largest absolute Gasteiger partial charge is 0.338 e. The van der Waals surface area contributed by atoms with E-state index >= 15 is 0 Å². The quantitative estimate of drug-likeness (QED) is 0.788. The molecular formula is C17H25NO. The maximum absolute atomic E-state index is 12.2. The summed E-state index contributed by atoms with van der Waals surface area (Å²) in [6.45, 7) is 8.54. The molecule has 1 aromatic rings. The lowest BCUT2D eigenvalue weighted by atomic mass is 9.70. The van der Waals surface area contributed by atoms with Crippen LogP contribution in [0, 0.1) is 5.92 Å². The second-order valence-corrected chi connectivity index (χ2v) is 6.63. The van der Waals surface area contributed by atoms with E-state index in [9.17, 15) is 4.79 Å². The number of carbonyl (C=O) groups excluding carboxylic acids is 1. The predicted octanol–water partition coefficient (Wildman–Crippen LogP) is 3.91. The maximum Gasteiger partial charge on any atom is 0.225 e. The maximum atomic E-state index is 12.2. The summed E-state index contributed by atoms with van der Waals surface area (Å²) in [5.41, 5.74) is 2.94. The molecule has 0 spiro atoms. The third kappa shape index (κ3) is 2.54. The van der Waals surface area contributed by atoms with Gasteiger partial charge >= 0.3 is 0 Å². The zero-order chi connectivity index (χ0) is 14.2. The molecule has 0 saturated heterocycles. The highest BCUT2D eigenvalue weighted by Gasteiger charge is 2.35. The van der Waals surface area contributed by atoms with E-state index in [-0.39, 0.29) is 23.3 Å². The van der Waals surface area contributed by atoms with E-state index in [0.717, 1.165) is 12.8 Å². The fourth-order valence-electron chi connectivity index (χ4n) is 3.15. The van der Waals surface area contributed by atoms with Gasteiger partial charge in [0.05, 0.1) is 6.04 Å². The Morgan fingerprint density at radius 3 is 2.58 bits per heavy atom. The lowest BCUT2D eigenvalue weighted by Crippen LogP contribution is -2.38. The Hall–Kier alpha value is -1.31. The van der Waals surface area contributed by atoms with Crippen molar-refractivity contribution in [1.82, 2.24) is 4.90 Å². The number of benzene rings is 1. The highest BCUT2D eigenvalue weighted by molar-refractivity contribution is 5.78. The van der Waals surface area contributed by atoms with E-state index in [1.54, 1.807) is 0 Å². The Balaban J connectivity index is 2.38. The van der Waals surface area contributed by atoms with Gasteiger partial charge in [-0.1, -0.05) is 52.0 Å². The molecule has 1 aliphatic rings. The highest BCUT2D eigenvalue weighted by atomic mass is 16.2. The second-order valence-electron chi connectivity index (χ2n) is 6.63. The molecule has 0 unspecified atom stereocenters. The zero-order valence-electron chi connectivity index (χ0n) is 12.7. The summed E-state index contributed by atoms with van der Waals surface area (Å²) in [7, 11) is 1.95. The fourth-order valence-corrected chi connectivity index (χ4v) is 3.15. The van der Waals surface area contributed by atoms with Crippen molar-refractivity contribution >= 4 is 5.91 Å². The summed E-state index contributed by atoms with van der Waals surface area (Å²) in [5.74, 6) is 0.298. The average Bonchev–Trinajstić information content (AvgIpc) is 2.37. The highest BCUT2D eigenvalue weighted by Crippen LogP contribution is 2.43. The molecule has 0 heterocycles. The van der Waals surface area contributed by atoms with Crippen LogP contribution in [-0.4, -0.2) is 17.9 Å². The first kappa shape index (κ1) is 14.1. The molecular weight excluding hydrogens is 234 g/mol. The number of amides is 1. The molecule has 0 fully saturated rings. The lowest BCUT2D eigenvalue weighted by Gasteiger charge is -2.41. The molecule has 0 N–H and O–H groups in total. The first-order valence-corrected chi connectivity index (χ1v) is 7.20. The molecule has 2 rings (SSSR count). The topological polar surface area (TPSA) is 20.3 Å². The molecule has 0 bridgehead atoms. The van der Waals surface area contributed by atoms with E-state index in [2.05, 4.69) is 38.1 Å². The van der Waals surface area contributed by atoms with E-state index < -0.39 is 0 Å². The van der Waals surface area contributed by atoms with Gasteiger partial charge in [0.25, 0.3) is 0 Å². The van der Waals surface area contributed by atoms with E-state index in [1.807, 2.05) is 25.8 Å². The van der Waals surface area contributed by atoms with Gasteiger partial charge in [-0.2, -0.15) is 0 Å². The van der Waals surface area contributed by atoms with Crippen LogP contribution >= 0.6 is 0 Å². The SMILES string of the molecule is CC(C)C(=O)N(C)[C@H]1CCC(C)(C)c2ccccc21. The van der Waals surface area contributed by atoms with Crippen molar-refractivity contribution in [2.45, 2.75) is 52.0 Å². The molecule has 1 atom stereocenters. The molecule has 1 amide bonds. The van der Waals surface area contributed by atoms with Crippen LogP contribution in [0.4, 0.5) is 0 Å². The summed E-state index contributed by atoms with van der Waals surface area (Å²) in [4.78, 5) is 14.2. The van der Waals surface area contributed by atoms with E-state index in [0.29, 0.717) is 0 Å². The number of nitrogens with zero attached hydrogens (tertiary/aromatic N) is 1. The normalized spacial score (nSPS) is 21.1. The van der Waals surface area contributed by atoms with Crippen LogP contribution in [0.15, 0.2) is 24.3 Å². The van der Waals surface area contributed by atoms with Crippen LogP contribution in [0.25, 0.3) is 0 Å². The summed E-state index contributed by atoms with van der Waals surface area (Å²) in [5, 5.41) is 0. The fraction of sp³-hybridized carbons (Fsp3) is 0.588. The van der Waals surface area contributed by atoms with Gasteiger partial charge in [-0.15, -0.1) is 0 Å². The number of fused-ring (bicyclic) bond motifs is 1. The Bertz CT molecular complexity index is 476. The van der Waals surface area contributed by atoms with Gasteiger partial charge in [-0.05, 0) is 29.4 Å². The van der Waals surface area contributed by atoms with Crippen molar-refractivity contribution in [3.63, 3.8) is 0 Å². The van der Waals surface area contributed by atoms with E-state index in [1.165, 1.54) is 11.1 Å². The number of rotatable bonds is 2. The van der Waals surface area contributed by atoms with Gasteiger partial charge in [0.2, 0.25) is 5.91 Å². The van der Waals surface area contributed by atoms with Crippen LogP contribution in [0.5, 0.6) is 0 Å². The van der Waals surface area contributed by atoms with Gasteiger partial charge < -0.3 is 4.90 Å². The van der Waals surface area contributed by atoms with Gasteiger partial charge in [0.15, 0.2) is 0 Å². The summed E-state index contributed by atoms with van der Waals surface area (Å²) in [6, 6.07) is 8.83. The van der Waals surface area contributed by atoms with Crippen LogP contribution in [0.2, 0.25) is 0 Å². The minimum absolute atomic E-state index is 0.0621. The van der Waals surface area contributed by atoms with Crippen LogP contribution < -0.4 is 0 Å². The van der Waals surface area contributed by atoms with Crippen molar-refractivity contribution in [1.29, 1.82) is 0 Å². The number of carbonyl (C=O) groups is 1. The number of hydrogen-bond acceptors (Lipinski definition) is 1. The molecule has 2 heteroatoms. The molecule has 104 valence electrons. The molecule has 0 aromatic heterocycles. The van der Waals surface area contributed by atoms with Gasteiger partial charge in [-0.25, -0.2) is 0 Å². The van der Waals surface area contributed by atoms with Crippen molar-refractivity contribution in [3.05, 3.63) is 35.4 Å². The molecule has 0 saturated carbocycles. The van der Waals surface area contributed by atoms with Gasteiger partial charge in [-0.3, -0.25) is 4.79 Å². The Kier molecular flexibility index (Phi) is 3.71. The Morgan fingerprint density at radius 2 is 1.95 bits per heavy atom. The van der Waals surface area contributed by atoms with Crippen LogP contribution in [0.3, 0.4) is 0 Å². The van der Waals surface area contributed by atoms with E-state index in [4.69, 9.17) is 0 Å². The van der Waals surface area contributed by atoms with Gasteiger partial charge in [0.1, 0.15) is 0 Å². The first-order chi connectivity index (χ1) is 8.84. The first-order valence-electron chi connectivity index (χ1n) is 7.20. The van der Waals surface area contributed by atoms with Crippen LogP contribution in [-0.2, 0) is 10.2 Å². The Morgan fingerprint density at radius 1 is 1.32 bits per heavy atom. The minimum Gasteiger partial charge on any atom is -0.338 e. The van der Waals surface area contributed by atoms with Crippen molar-refractivity contribution in [3.8, 4) is 0 Å². The summed E-state index contributed by atoms with van der Waals surface area (Å²) < 4.78 is 0. The molecule has 1 aromatic carbocycles. The summed E-state index contributed by atoms with van der Waals surface area (Å²) >= 11 is 0. The van der Waals surface area contributed by atoms with Crippen molar-refractivity contribution < 1.29 is 4.79 Å². The number of hydrogen-bond donors (Lipinski definition) is 0. The third-order valence-electron chi connectivity index (χ3n) is 4.40. The second kappa shape index (κ2) is 4.99. The molecule has 19 heavy (non-hydrogen) atoms. The predicted molar refractivity (Wildman–Crippen MR) is 79.1 cm³/mol. The smallest absolute Gasteiger partial charge is 0.225 e. The monoisotopic (exact) mass is 259 g/mol. The van der Waals surface area contributed by atoms with Crippen molar-refractivity contribution in [2.75, 3.05) is 7.05 Å². The minimum atomic E-state index is 0.0621. The Labute approximate surface area is 116 Å². The zero-order valence-corrected chi connectivity index (χ0v) is 12.7. The van der Waals surface area contributed by atoms with Gasteiger partial charge in [0, 0.05) is 13.0 Å². The average molecular weight is 259 g/mol. The summed E-state index contributed by atoms with van der Waals surface area (Å²) in [6.07, 6.45) is 2.18. The molecule has 1 aliphatic carbocycles. The molecule has 0 radical (unpaired) electrons.